The molecule has 0 spiro atoms. The lowest BCUT2D eigenvalue weighted by molar-refractivity contribution is 0.1000. The summed E-state index contributed by atoms with van der Waals surface area (Å²) in [6.45, 7) is 6.60. The molecule has 1 aromatic rings. The maximum Gasteiger partial charge on any atom is 0.248 e. The van der Waals surface area contributed by atoms with Gasteiger partial charge in [-0.25, -0.2) is 0 Å². The van der Waals surface area contributed by atoms with Crippen LogP contribution < -0.4 is 5.73 Å². The highest BCUT2D eigenvalue weighted by molar-refractivity contribution is 5.93. The highest BCUT2D eigenvalue weighted by atomic mass is 16.1. The van der Waals surface area contributed by atoms with E-state index in [4.69, 9.17) is 5.73 Å². The van der Waals surface area contributed by atoms with Crippen molar-refractivity contribution in [3.8, 4) is 0 Å². The number of benzene rings is 1. The predicted octanol–water partition coefficient (Wildman–Crippen LogP) is 1.33. The number of amides is 1. The van der Waals surface area contributed by atoms with E-state index in [-0.39, 0.29) is 5.91 Å². The maximum atomic E-state index is 11.1. The summed E-state index contributed by atoms with van der Waals surface area (Å²) in [5, 5.41) is 0. The van der Waals surface area contributed by atoms with Gasteiger partial charge >= 0.3 is 0 Å². The number of fused-ring (bicyclic) bond motifs is 1. The lowest BCUT2D eigenvalue weighted by Crippen LogP contribution is -2.30. The van der Waals surface area contributed by atoms with Gasteiger partial charge in [-0.1, -0.05) is 12.1 Å². The molecule has 84 valence electrons. The lowest BCUT2D eigenvalue weighted by atomic mass is 9.97. The van der Waals surface area contributed by atoms with Crippen molar-refractivity contribution in [1.82, 2.24) is 4.90 Å². The van der Waals surface area contributed by atoms with Crippen LogP contribution in [0.15, 0.2) is 30.9 Å². The molecule has 0 atom stereocenters. The van der Waals surface area contributed by atoms with Crippen LogP contribution in [0.3, 0.4) is 0 Å². The normalized spacial score (nSPS) is 15.5. The SMILES string of the molecule is C=CCN1CCc2cc(C(N)=O)ccc2C1. The second kappa shape index (κ2) is 4.49. The van der Waals surface area contributed by atoms with Crippen LogP contribution in [0.2, 0.25) is 0 Å². The van der Waals surface area contributed by atoms with E-state index in [9.17, 15) is 4.79 Å². The molecule has 0 saturated carbocycles. The third-order valence-electron chi connectivity index (χ3n) is 2.97. The zero-order chi connectivity index (χ0) is 11.5. The third-order valence-corrected chi connectivity index (χ3v) is 2.97. The minimum absolute atomic E-state index is 0.351. The average Bonchev–Trinajstić information content (AvgIpc) is 2.28. The van der Waals surface area contributed by atoms with Gasteiger partial charge in [0, 0.05) is 25.2 Å². The molecule has 3 heteroatoms. The number of primary amides is 1. The van der Waals surface area contributed by atoms with Gasteiger partial charge in [0.1, 0.15) is 0 Å². The Hall–Kier alpha value is -1.61. The van der Waals surface area contributed by atoms with Crippen molar-refractivity contribution in [2.75, 3.05) is 13.1 Å². The van der Waals surface area contributed by atoms with Crippen molar-refractivity contribution in [1.29, 1.82) is 0 Å². The Balaban J connectivity index is 2.22. The number of hydrogen-bond donors (Lipinski definition) is 1. The number of rotatable bonds is 3. The molecule has 16 heavy (non-hydrogen) atoms. The van der Waals surface area contributed by atoms with E-state index in [0.717, 1.165) is 26.1 Å². The summed E-state index contributed by atoms with van der Waals surface area (Å²) < 4.78 is 0. The van der Waals surface area contributed by atoms with E-state index < -0.39 is 0 Å². The van der Waals surface area contributed by atoms with Crippen LogP contribution in [-0.4, -0.2) is 23.9 Å². The molecule has 1 aromatic carbocycles. The number of carbonyl (C=O) groups excluding carboxylic acids is 1. The Morgan fingerprint density at radius 3 is 3.00 bits per heavy atom. The van der Waals surface area contributed by atoms with E-state index in [1.807, 2.05) is 18.2 Å². The van der Waals surface area contributed by atoms with Crippen LogP contribution in [0, 0.1) is 0 Å². The third kappa shape index (κ3) is 2.14. The Bertz CT molecular complexity index is 426. The number of carbonyl (C=O) groups is 1. The molecule has 1 aliphatic heterocycles. The summed E-state index contributed by atoms with van der Waals surface area (Å²) >= 11 is 0. The fourth-order valence-corrected chi connectivity index (χ4v) is 2.10. The molecular weight excluding hydrogens is 200 g/mol. The zero-order valence-corrected chi connectivity index (χ0v) is 9.28. The summed E-state index contributed by atoms with van der Waals surface area (Å²) in [7, 11) is 0. The monoisotopic (exact) mass is 216 g/mol. The Kier molecular flexibility index (Phi) is 3.06. The minimum Gasteiger partial charge on any atom is -0.366 e. The fraction of sp³-hybridized carbons (Fsp3) is 0.308. The van der Waals surface area contributed by atoms with E-state index >= 15 is 0 Å². The van der Waals surface area contributed by atoms with Gasteiger partial charge in [0.25, 0.3) is 0 Å². The average molecular weight is 216 g/mol. The second-order valence-corrected chi connectivity index (χ2v) is 4.12. The highest BCUT2D eigenvalue weighted by Crippen LogP contribution is 2.20. The van der Waals surface area contributed by atoms with Crippen LogP contribution >= 0.6 is 0 Å². The number of nitrogens with two attached hydrogens (primary N) is 1. The van der Waals surface area contributed by atoms with Gasteiger partial charge in [0.15, 0.2) is 0 Å². The summed E-state index contributed by atoms with van der Waals surface area (Å²) in [5.74, 6) is -0.351. The standard InChI is InChI=1S/C13H16N2O/c1-2-6-15-7-5-10-8-11(13(14)16)3-4-12(10)9-15/h2-4,8H,1,5-7,9H2,(H2,14,16). The van der Waals surface area contributed by atoms with Gasteiger partial charge in [-0.05, 0) is 29.7 Å². The van der Waals surface area contributed by atoms with E-state index in [2.05, 4.69) is 11.5 Å². The van der Waals surface area contributed by atoms with Crippen molar-refractivity contribution < 1.29 is 4.79 Å². The molecule has 2 rings (SSSR count). The summed E-state index contributed by atoms with van der Waals surface area (Å²) in [6.07, 6.45) is 2.90. The van der Waals surface area contributed by atoms with Crippen LogP contribution in [0.1, 0.15) is 21.5 Å². The first-order valence-corrected chi connectivity index (χ1v) is 5.45. The molecule has 1 aliphatic rings. The Labute approximate surface area is 95.6 Å². The van der Waals surface area contributed by atoms with Crippen LogP contribution in [0.25, 0.3) is 0 Å². The van der Waals surface area contributed by atoms with Gasteiger partial charge in [0.05, 0.1) is 0 Å². The highest BCUT2D eigenvalue weighted by Gasteiger charge is 2.16. The fourth-order valence-electron chi connectivity index (χ4n) is 2.10. The first kappa shape index (κ1) is 10.9. The minimum atomic E-state index is -0.351. The summed E-state index contributed by atoms with van der Waals surface area (Å²) in [4.78, 5) is 13.4. The molecule has 0 bridgehead atoms. The molecular formula is C13H16N2O. The Morgan fingerprint density at radius 1 is 1.50 bits per heavy atom. The van der Waals surface area contributed by atoms with E-state index in [1.165, 1.54) is 11.1 Å². The van der Waals surface area contributed by atoms with Crippen molar-refractivity contribution >= 4 is 5.91 Å². The molecule has 2 N–H and O–H groups in total. The smallest absolute Gasteiger partial charge is 0.248 e. The number of hydrogen-bond acceptors (Lipinski definition) is 2. The van der Waals surface area contributed by atoms with Gasteiger partial charge in [-0.15, -0.1) is 6.58 Å². The van der Waals surface area contributed by atoms with Gasteiger partial charge < -0.3 is 5.73 Å². The van der Waals surface area contributed by atoms with Gasteiger partial charge in [0.2, 0.25) is 5.91 Å². The molecule has 0 aromatic heterocycles. The molecule has 1 heterocycles. The molecule has 1 amide bonds. The maximum absolute atomic E-state index is 11.1. The van der Waals surface area contributed by atoms with Gasteiger partial charge in [-0.2, -0.15) is 0 Å². The first-order valence-electron chi connectivity index (χ1n) is 5.45. The van der Waals surface area contributed by atoms with Crippen molar-refractivity contribution in [3.05, 3.63) is 47.5 Å². The summed E-state index contributed by atoms with van der Waals surface area (Å²) in [6, 6.07) is 5.73. The van der Waals surface area contributed by atoms with Crippen molar-refractivity contribution in [2.24, 2.45) is 5.73 Å². The van der Waals surface area contributed by atoms with E-state index in [0.29, 0.717) is 5.56 Å². The molecule has 0 unspecified atom stereocenters. The molecule has 0 saturated heterocycles. The van der Waals surface area contributed by atoms with E-state index in [1.54, 1.807) is 6.07 Å². The van der Waals surface area contributed by atoms with Crippen LogP contribution in [-0.2, 0) is 13.0 Å². The molecule has 0 radical (unpaired) electrons. The molecule has 0 aliphatic carbocycles. The largest absolute Gasteiger partial charge is 0.366 e. The first-order chi connectivity index (χ1) is 7.70. The van der Waals surface area contributed by atoms with Gasteiger partial charge in [-0.3, -0.25) is 9.69 Å². The zero-order valence-electron chi connectivity index (χ0n) is 9.28. The quantitative estimate of drug-likeness (QED) is 0.775. The molecule has 3 nitrogen and oxygen atoms in total. The lowest BCUT2D eigenvalue weighted by Gasteiger charge is -2.27. The number of nitrogens with zero attached hydrogens (tertiary/aromatic N) is 1. The summed E-state index contributed by atoms with van der Waals surface area (Å²) in [5.41, 5.74) is 8.40. The van der Waals surface area contributed by atoms with Crippen LogP contribution in [0.5, 0.6) is 0 Å². The molecule has 0 fully saturated rings. The van der Waals surface area contributed by atoms with Crippen molar-refractivity contribution in [2.45, 2.75) is 13.0 Å². The topological polar surface area (TPSA) is 46.3 Å². The second-order valence-electron chi connectivity index (χ2n) is 4.12. The van der Waals surface area contributed by atoms with Crippen molar-refractivity contribution in [3.63, 3.8) is 0 Å². The Morgan fingerprint density at radius 2 is 2.31 bits per heavy atom. The van der Waals surface area contributed by atoms with Crippen LogP contribution in [0.4, 0.5) is 0 Å². The predicted molar refractivity (Wildman–Crippen MR) is 64.1 cm³/mol.